The van der Waals surface area contributed by atoms with Gasteiger partial charge in [-0.2, -0.15) is 0 Å². The van der Waals surface area contributed by atoms with E-state index in [1.54, 1.807) is 31.2 Å². The van der Waals surface area contributed by atoms with Crippen LogP contribution in [0.5, 0.6) is 5.75 Å². The minimum atomic E-state index is -1.17. The molecule has 0 spiro atoms. The number of nitrogens with one attached hydrogen (secondary N) is 1. The van der Waals surface area contributed by atoms with Crippen molar-refractivity contribution in [1.82, 2.24) is 10.2 Å². The van der Waals surface area contributed by atoms with E-state index in [-0.39, 0.29) is 12.3 Å². The molecule has 28 heavy (non-hydrogen) atoms. The van der Waals surface area contributed by atoms with Gasteiger partial charge in [-0.25, -0.2) is 4.79 Å². The highest BCUT2D eigenvalue weighted by Gasteiger charge is 2.49. The van der Waals surface area contributed by atoms with E-state index in [1.807, 2.05) is 18.2 Å². The number of aryl methyl sites for hydroxylation is 2. The van der Waals surface area contributed by atoms with Crippen LogP contribution in [0.3, 0.4) is 0 Å². The van der Waals surface area contributed by atoms with E-state index in [0.717, 1.165) is 29.7 Å². The molecule has 1 heterocycles. The second kappa shape index (κ2) is 6.78. The Bertz CT molecular complexity index is 984. The molecule has 144 valence electrons. The van der Waals surface area contributed by atoms with Gasteiger partial charge in [0.25, 0.3) is 5.91 Å². The summed E-state index contributed by atoms with van der Waals surface area (Å²) in [5.41, 5.74) is 2.45. The summed E-state index contributed by atoms with van der Waals surface area (Å²) in [6, 6.07) is 12.2. The van der Waals surface area contributed by atoms with Crippen molar-refractivity contribution in [2.24, 2.45) is 0 Å². The van der Waals surface area contributed by atoms with E-state index in [1.165, 1.54) is 18.2 Å². The van der Waals surface area contributed by atoms with Gasteiger partial charge in [0.1, 0.15) is 11.3 Å². The van der Waals surface area contributed by atoms with Crippen LogP contribution < -0.4 is 10.1 Å². The average molecular weight is 378 g/mol. The fourth-order valence-electron chi connectivity index (χ4n) is 4.02. The van der Waals surface area contributed by atoms with Gasteiger partial charge in [-0.3, -0.25) is 14.5 Å². The molecule has 0 bridgehead atoms. The molecule has 0 radical (unpaired) electrons. The zero-order valence-electron chi connectivity index (χ0n) is 16.0. The first kappa shape index (κ1) is 18.2. The van der Waals surface area contributed by atoms with Crippen molar-refractivity contribution >= 4 is 17.7 Å². The molecule has 4 rings (SSSR count). The number of carbonyl (C=O) groups excluding carboxylic acids is 3. The SMILES string of the molecule is COc1ccccc1C(=O)CN1C(=O)N[C@@](C)(c2ccc3c(c2)CCC3)C1=O. The number of Topliss-reactive ketones (excluding diaryl/α,β-unsaturated/α-hetero) is 1. The van der Waals surface area contributed by atoms with Crippen LogP contribution in [0.25, 0.3) is 0 Å². The average Bonchev–Trinajstić information content (AvgIpc) is 3.26. The zero-order valence-corrected chi connectivity index (χ0v) is 16.0. The third-order valence-electron chi connectivity index (χ3n) is 5.66. The van der Waals surface area contributed by atoms with Crippen molar-refractivity contribution in [3.8, 4) is 5.75 Å². The fourth-order valence-corrected chi connectivity index (χ4v) is 4.02. The number of benzene rings is 2. The lowest BCUT2D eigenvalue weighted by Gasteiger charge is -2.23. The summed E-state index contributed by atoms with van der Waals surface area (Å²) >= 11 is 0. The number of hydrogen-bond acceptors (Lipinski definition) is 4. The summed E-state index contributed by atoms with van der Waals surface area (Å²) in [4.78, 5) is 39.4. The fraction of sp³-hybridized carbons (Fsp3) is 0.318. The predicted molar refractivity (Wildman–Crippen MR) is 103 cm³/mol. The predicted octanol–water partition coefficient (Wildman–Crippen LogP) is 2.83. The van der Waals surface area contributed by atoms with Crippen molar-refractivity contribution in [2.45, 2.75) is 31.7 Å². The number of ether oxygens (including phenoxy) is 1. The summed E-state index contributed by atoms with van der Waals surface area (Å²) in [7, 11) is 1.48. The van der Waals surface area contributed by atoms with E-state index in [2.05, 4.69) is 5.32 Å². The van der Waals surface area contributed by atoms with E-state index >= 15 is 0 Å². The molecule has 1 fully saturated rings. The second-order valence-electron chi connectivity index (χ2n) is 7.41. The molecule has 3 amide bonds. The number of imide groups is 1. The lowest BCUT2D eigenvalue weighted by atomic mass is 9.89. The summed E-state index contributed by atoms with van der Waals surface area (Å²) in [5.74, 6) is -0.348. The highest BCUT2D eigenvalue weighted by atomic mass is 16.5. The Morgan fingerprint density at radius 2 is 1.89 bits per heavy atom. The Balaban J connectivity index is 1.59. The van der Waals surface area contributed by atoms with Gasteiger partial charge in [-0.15, -0.1) is 0 Å². The number of urea groups is 1. The molecular formula is C22H22N2O4. The van der Waals surface area contributed by atoms with Gasteiger partial charge in [0.15, 0.2) is 5.78 Å². The van der Waals surface area contributed by atoms with Crippen LogP contribution in [0.1, 0.15) is 40.4 Å². The van der Waals surface area contributed by atoms with Gasteiger partial charge < -0.3 is 10.1 Å². The van der Waals surface area contributed by atoms with Crippen LogP contribution in [0, 0.1) is 0 Å². The first-order valence-electron chi connectivity index (χ1n) is 9.36. The van der Waals surface area contributed by atoms with Crippen LogP contribution in [0.2, 0.25) is 0 Å². The van der Waals surface area contributed by atoms with Gasteiger partial charge in [-0.1, -0.05) is 30.3 Å². The number of ketones is 1. The first-order chi connectivity index (χ1) is 13.4. The molecule has 2 aliphatic rings. The Hall–Kier alpha value is -3.15. The van der Waals surface area contributed by atoms with Crippen molar-refractivity contribution < 1.29 is 19.1 Å². The number of methoxy groups -OCH3 is 1. The molecule has 6 nitrogen and oxygen atoms in total. The zero-order chi connectivity index (χ0) is 19.9. The molecule has 1 saturated heterocycles. The normalized spacial score (nSPS) is 20.9. The quantitative estimate of drug-likeness (QED) is 0.641. The molecular weight excluding hydrogens is 356 g/mol. The molecule has 2 aromatic carbocycles. The number of hydrogen-bond donors (Lipinski definition) is 1. The Morgan fingerprint density at radius 1 is 1.14 bits per heavy atom. The number of carbonyl (C=O) groups is 3. The van der Waals surface area contributed by atoms with Gasteiger partial charge in [0, 0.05) is 0 Å². The molecule has 2 aromatic rings. The highest BCUT2D eigenvalue weighted by Crippen LogP contribution is 2.33. The lowest BCUT2D eigenvalue weighted by molar-refractivity contribution is -0.130. The third-order valence-corrected chi connectivity index (χ3v) is 5.66. The number of rotatable bonds is 5. The largest absolute Gasteiger partial charge is 0.496 e. The highest BCUT2D eigenvalue weighted by molar-refractivity contribution is 6.11. The van der Waals surface area contributed by atoms with Gasteiger partial charge in [-0.05, 0) is 55.0 Å². The number of para-hydroxylation sites is 1. The molecule has 0 saturated carbocycles. The topological polar surface area (TPSA) is 75.7 Å². The van der Waals surface area contributed by atoms with Crippen LogP contribution in [0.15, 0.2) is 42.5 Å². The van der Waals surface area contributed by atoms with Gasteiger partial charge >= 0.3 is 6.03 Å². The maximum atomic E-state index is 13.1. The van der Waals surface area contributed by atoms with Crippen LogP contribution in [0.4, 0.5) is 4.79 Å². The minimum absolute atomic E-state index is 0.328. The standard InChI is InChI=1S/C22H22N2O4/c1-22(16-11-10-14-6-5-7-15(14)12-16)20(26)24(21(27)23-22)13-18(25)17-8-3-4-9-19(17)28-2/h3-4,8-12H,5-7,13H2,1-2H3,(H,23,27)/t22-/m0/s1. The number of amides is 3. The first-order valence-corrected chi connectivity index (χ1v) is 9.36. The van der Waals surface area contributed by atoms with E-state index < -0.39 is 17.5 Å². The van der Waals surface area contributed by atoms with Crippen molar-refractivity contribution in [1.29, 1.82) is 0 Å². The molecule has 0 unspecified atom stereocenters. The summed E-state index contributed by atoms with van der Waals surface area (Å²) in [6.45, 7) is 1.36. The van der Waals surface area contributed by atoms with E-state index in [9.17, 15) is 14.4 Å². The maximum Gasteiger partial charge on any atom is 0.325 e. The third kappa shape index (κ3) is 2.85. The second-order valence-corrected chi connectivity index (χ2v) is 7.41. The van der Waals surface area contributed by atoms with Gasteiger partial charge in [0.2, 0.25) is 0 Å². The molecule has 1 atom stereocenters. The summed E-state index contributed by atoms with van der Waals surface area (Å²) in [5, 5.41) is 2.78. The van der Waals surface area contributed by atoms with Crippen molar-refractivity contribution in [2.75, 3.05) is 13.7 Å². The lowest BCUT2D eigenvalue weighted by Crippen LogP contribution is -2.41. The smallest absolute Gasteiger partial charge is 0.325 e. The van der Waals surface area contributed by atoms with Crippen molar-refractivity contribution in [3.05, 3.63) is 64.7 Å². The Kier molecular flexibility index (Phi) is 4.41. The molecule has 1 aliphatic carbocycles. The molecule has 0 aromatic heterocycles. The van der Waals surface area contributed by atoms with E-state index in [0.29, 0.717) is 11.3 Å². The molecule has 1 aliphatic heterocycles. The molecule has 6 heteroatoms. The van der Waals surface area contributed by atoms with Crippen LogP contribution >= 0.6 is 0 Å². The minimum Gasteiger partial charge on any atom is -0.496 e. The number of nitrogens with zero attached hydrogens (tertiary/aromatic N) is 1. The summed E-state index contributed by atoms with van der Waals surface area (Å²) in [6.07, 6.45) is 3.14. The Morgan fingerprint density at radius 3 is 2.68 bits per heavy atom. The van der Waals surface area contributed by atoms with Crippen LogP contribution in [-0.4, -0.2) is 36.3 Å². The van der Waals surface area contributed by atoms with E-state index in [4.69, 9.17) is 4.74 Å². The summed E-state index contributed by atoms with van der Waals surface area (Å²) < 4.78 is 5.21. The van der Waals surface area contributed by atoms with Gasteiger partial charge in [0.05, 0.1) is 19.2 Å². The van der Waals surface area contributed by atoms with Crippen LogP contribution in [-0.2, 0) is 23.2 Å². The number of fused-ring (bicyclic) bond motifs is 1. The maximum absolute atomic E-state index is 13.1. The van der Waals surface area contributed by atoms with Crippen molar-refractivity contribution in [3.63, 3.8) is 0 Å². The molecule has 1 N–H and O–H groups in total. The Labute approximate surface area is 163 Å². The monoisotopic (exact) mass is 378 g/mol.